The summed E-state index contributed by atoms with van der Waals surface area (Å²) in [5.74, 6) is -1.43. The van der Waals surface area contributed by atoms with Crippen molar-refractivity contribution in [2.75, 3.05) is 5.32 Å². The molecule has 2 aromatic heterocycles. The summed E-state index contributed by atoms with van der Waals surface area (Å²) in [6.45, 7) is 0. The Morgan fingerprint density at radius 1 is 1.00 bits per heavy atom. The van der Waals surface area contributed by atoms with Crippen LogP contribution < -0.4 is 10.9 Å². The van der Waals surface area contributed by atoms with E-state index in [1.54, 1.807) is 30.3 Å². The highest BCUT2D eigenvalue weighted by Crippen LogP contribution is 2.30. The molecule has 29 heavy (non-hydrogen) atoms. The van der Waals surface area contributed by atoms with E-state index >= 15 is 0 Å². The van der Waals surface area contributed by atoms with E-state index in [9.17, 15) is 19.7 Å². The summed E-state index contributed by atoms with van der Waals surface area (Å²) in [5, 5.41) is 14.1. The predicted molar refractivity (Wildman–Crippen MR) is 106 cm³/mol. The molecule has 1 N–H and O–H groups in total. The quantitative estimate of drug-likeness (QED) is 0.291. The van der Waals surface area contributed by atoms with E-state index in [0.717, 1.165) is 11.5 Å². The van der Waals surface area contributed by atoms with Gasteiger partial charge in [0, 0.05) is 16.6 Å². The molecule has 0 bridgehead atoms. The van der Waals surface area contributed by atoms with Crippen LogP contribution >= 0.6 is 11.6 Å². The third kappa shape index (κ3) is 3.61. The fraction of sp³-hybridized carbons (Fsp3) is 0. The van der Waals surface area contributed by atoms with Crippen molar-refractivity contribution in [1.29, 1.82) is 0 Å². The number of rotatable bonds is 4. The van der Waals surface area contributed by atoms with Crippen LogP contribution in [0.15, 0.2) is 74.3 Å². The van der Waals surface area contributed by atoms with E-state index < -0.39 is 22.3 Å². The maximum atomic E-state index is 12.3. The monoisotopic (exact) mass is 410 g/mol. The number of fused-ring (bicyclic) bond motifs is 1. The maximum absolute atomic E-state index is 12.3. The first-order valence-corrected chi connectivity index (χ1v) is 8.68. The molecule has 0 saturated heterocycles. The summed E-state index contributed by atoms with van der Waals surface area (Å²) in [5.41, 5.74) is 0.984. The number of para-hydroxylation sites is 1. The minimum atomic E-state index is -0.739. The minimum Gasteiger partial charge on any atom is -0.422 e. The molecule has 144 valence electrons. The first-order chi connectivity index (χ1) is 13.9. The Hall–Kier alpha value is -3.91. The third-order valence-electron chi connectivity index (χ3n) is 4.15. The number of halogens is 1. The molecule has 0 aliphatic rings. The number of carbonyl (C=O) groups is 1. The molecular weight excluding hydrogens is 400 g/mol. The highest BCUT2D eigenvalue weighted by atomic mass is 35.5. The Morgan fingerprint density at radius 2 is 1.79 bits per heavy atom. The zero-order valence-electron chi connectivity index (χ0n) is 14.5. The van der Waals surface area contributed by atoms with Crippen molar-refractivity contribution < 1.29 is 18.6 Å². The molecule has 0 spiro atoms. The van der Waals surface area contributed by atoms with E-state index in [0.29, 0.717) is 16.8 Å². The molecule has 2 heterocycles. The number of nitro groups is 1. The summed E-state index contributed by atoms with van der Waals surface area (Å²) in [4.78, 5) is 34.4. The van der Waals surface area contributed by atoms with Crippen LogP contribution in [0.1, 0.15) is 10.6 Å². The maximum Gasteiger partial charge on any atom is 0.433 e. The first-order valence-electron chi connectivity index (χ1n) is 8.31. The lowest BCUT2D eigenvalue weighted by molar-refractivity contribution is -0.402. The van der Waals surface area contributed by atoms with E-state index in [4.69, 9.17) is 20.4 Å². The van der Waals surface area contributed by atoms with Gasteiger partial charge in [0.2, 0.25) is 0 Å². The highest BCUT2D eigenvalue weighted by molar-refractivity contribution is 6.33. The highest BCUT2D eigenvalue weighted by Gasteiger charge is 2.18. The molecule has 4 rings (SSSR count). The van der Waals surface area contributed by atoms with Crippen LogP contribution in [-0.2, 0) is 0 Å². The molecule has 0 fully saturated rings. The Bertz CT molecular complexity index is 1320. The largest absolute Gasteiger partial charge is 0.433 e. The smallest absolute Gasteiger partial charge is 0.422 e. The Balaban J connectivity index is 1.63. The van der Waals surface area contributed by atoms with Crippen molar-refractivity contribution in [2.45, 2.75) is 0 Å². The van der Waals surface area contributed by atoms with E-state index in [1.165, 1.54) is 12.1 Å². The van der Waals surface area contributed by atoms with Crippen LogP contribution in [0.4, 0.5) is 11.6 Å². The van der Waals surface area contributed by atoms with Crippen LogP contribution in [0.2, 0.25) is 5.02 Å². The van der Waals surface area contributed by atoms with Crippen molar-refractivity contribution >= 4 is 40.0 Å². The number of amides is 1. The fourth-order valence-electron chi connectivity index (χ4n) is 2.80. The van der Waals surface area contributed by atoms with Crippen molar-refractivity contribution in [2.24, 2.45) is 0 Å². The van der Waals surface area contributed by atoms with Crippen LogP contribution in [0.25, 0.3) is 22.1 Å². The van der Waals surface area contributed by atoms with E-state index in [2.05, 4.69) is 5.32 Å². The van der Waals surface area contributed by atoms with Crippen LogP contribution in [0.5, 0.6) is 0 Å². The third-order valence-corrected chi connectivity index (χ3v) is 4.47. The van der Waals surface area contributed by atoms with Crippen molar-refractivity contribution in [1.82, 2.24) is 0 Å². The van der Waals surface area contributed by atoms with Gasteiger partial charge in [0.25, 0.3) is 5.91 Å². The lowest BCUT2D eigenvalue weighted by atomic mass is 10.1. The summed E-state index contributed by atoms with van der Waals surface area (Å²) < 4.78 is 10.2. The van der Waals surface area contributed by atoms with E-state index in [-0.39, 0.29) is 16.3 Å². The van der Waals surface area contributed by atoms with Gasteiger partial charge in [-0.25, -0.2) is 4.79 Å². The second kappa shape index (κ2) is 7.25. The molecule has 0 aliphatic carbocycles. The number of hydrogen-bond donors (Lipinski definition) is 1. The number of nitrogens with one attached hydrogen (secondary N) is 1. The van der Waals surface area contributed by atoms with Crippen LogP contribution in [0, 0.1) is 10.1 Å². The van der Waals surface area contributed by atoms with Gasteiger partial charge in [-0.1, -0.05) is 35.9 Å². The van der Waals surface area contributed by atoms with Crippen LogP contribution in [0.3, 0.4) is 0 Å². The molecule has 0 atom stereocenters. The van der Waals surface area contributed by atoms with E-state index in [1.807, 2.05) is 12.1 Å². The fourth-order valence-corrected chi connectivity index (χ4v) is 3.08. The molecule has 8 nitrogen and oxygen atoms in total. The van der Waals surface area contributed by atoms with Gasteiger partial charge >= 0.3 is 11.5 Å². The topological polar surface area (TPSA) is 116 Å². The Kier molecular flexibility index (Phi) is 4.61. The standard InChI is InChI=1S/C20H11ClN2O6/c21-15-10-12(22-19(24)17-7-8-18(28-17)23(26)27)5-6-13(15)14-9-11-3-1-2-4-16(11)29-20(14)25/h1-10H,(H,22,24). The molecule has 0 aliphatic heterocycles. The molecule has 0 unspecified atom stereocenters. The zero-order chi connectivity index (χ0) is 20.5. The first kappa shape index (κ1) is 18.5. The van der Waals surface area contributed by atoms with Gasteiger partial charge in [0.15, 0.2) is 5.76 Å². The van der Waals surface area contributed by atoms with Gasteiger partial charge in [0.05, 0.1) is 16.7 Å². The second-order valence-corrected chi connectivity index (χ2v) is 6.44. The molecule has 2 aromatic carbocycles. The molecule has 0 saturated carbocycles. The van der Waals surface area contributed by atoms with Gasteiger partial charge < -0.3 is 14.2 Å². The Morgan fingerprint density at radius 3 is 2.52 bits per heavy atom. The Labute approximate surface area is 167 Å². The minimum absolute atomic E-state index is 0.216. The van der Waals surface area contributed by atoms with Crippen molar-refractivity contribution in [3.63, 3.8) is 0 Å². The average Bonchev–Trinajstić information content (AvgIpc) is 3.19. The van der Waals surface area contributed by atoms with Gasteiger partial charge in [-0.2, -0.15) is 0 Å². The molecule has 9 heteroatoms. The second-order valence-electron chi connectivity index (χ2n) is 6.03. The normalized spacial score (nSPS) is 10.8. The number of anilines is 1. The number of hydrogen-bond acceptors (Lipinski definition) is 6. The zero-order valence-corrected chi connectivity index (χ0v) is 15.3. The van der Waals surface area contributed by atoms with Gasteiger partial charge in [0.1, 0.15) is 10.5 Å². The molecular formula is C20H11ClN2O6. The SMILES string of the molecule is O=C(Nc1ccc(-c2cc3ccccc3oc2=O)c(Cl)c1)c1ccc([N+](=O)[O-])o1. The summed E-state index contributed by atoms with van der Waals surface area (Å²) in [6, 6.07) is 15.6. The average molecular weight is 411 g/mol. The molecule has 0 radical (unpaired) electrons. The lowest BCUT2D eigenvalue weighted by Gasteiger charge is -2.08. The number of furan rings is 1. The summed E-state index contributed by atoms with van der Waals surface area (Å²) >= 11 is 6.32. The summed E-state index contributed by atoms with van der Waals surface area (Å²) in [7, 11) is 0. The van der Waals surface area contributed by atoms with Gasteiger partial charge in [-0.15, -0.1) is 0 Å². The lowest BCUT2D eigenvalue weighted by Crippen LogP contribution is -2.11. The van der Waals surface area contributed by atoms with Gasteiger partial charge in [-0.05, 0) is 30.3 Å². The summed E-state index contributed by atoms with van der Waals surface area (Å²) in [6.07, 6.45) is 0. The number of carbonyl (C=O) groups excluding carboxylic acids is 1. The number of nitrogens with zero attached hydrogens (tertiary/aromatic N) is 1. The number of benzene rings is 2. The predicted octanol–water partition coefficient (Wildman–Crippen LogP) is 4.87. The van der Waals surface area contributed by atoms with Crippen molar-refractivity contribution in [3.8, 4) is 11.1 Å². The molecule has 1 amide bonds. The molecule has 4 aromatic rings. The van der Waals surface area contributed by atoms with Gasteiger partial charge in [-0.3, -0.25) is 14.9 Å². The van der Waals surface area contributed by atoms with Crippen molar-refractivity contribution in [3.05, 3.63) is 92.0 Å². The van der Waals surface area contributed by atoms with Crippen LogP contribution in [-0.4, -0.2) is 10.8 Å².